The normalized spacial score (nSPS) is 15.9. The van der Waals surface area contributed by atoms with E-state index in [9.17, 15) is 9.90 Å². The molecular formula is C13H26O3. The molecule has 0 fully saturated rings. The van der Waals surface area contributed by atoms with Crippen LogP contribution in [0.15, 0.2) is 0 Å². The number of hydrogen-bond donors (Lipinski definition) is 1. The van der Waals surface area contributed by atoms with Crippen LogP contribution in [-0.4, -0.2) is 28.7 Å². The number of hydrogen-bond acceptors (Lipinski definition) is 3. The van der Waals surface area contributed by atoms with E-state index in [1.54, 1.807) is 6.92 Å². The first-order valence-corrected chi connectivity index (χ1v) is 6.21. The van der Waals surface area contributed by atoms with Crippen LogP contribution < -0.4 is 0 Å². The summed E-state index contributed by atoms with van der Waals surface area (Å²) in [7, 11) is 0. The minimum Gasteiger partial charge on any atom is -0.390 e. The fourth-order valence-electron chi connectivity index (χ4n) is 1.52. The van der Waals surface area contributed by atoms with Crippen LogP contribution in [0.25, 0.3) is 0 Å². The summed E-state index contributed by atoms with van der Waals surface area (Å²) in [6, 6.07) is 0. The average molecular weight is 230 g/mol. The average Bonchev–Trinajstić information content (AvgIpc) is 2.28. The molecule has 0 aromatic heterocycles. The smallest absolute Gasteiger partial charge is 0.161 e. The molecule has 0 aromatic carbocycles. The van der Waals surface area contributed by atoms with Crippen molar-refractivity contribution in [3.8, 4) is 0 Å². The predicted octanol–water partition coefficient (Wildman–Crippen LogP) is 2.70. The Balaban J connectivity index is 4.20. The highest BCUT2D eigenvalue weighted by Crippen LogP contribution is 2.22. The van der Waals surface area contributed by atoms with Crippen LogP contribution in [0.2, 0.25) is 0 Å². The maximum Gasteiger partial charge on any atom is 0.161 e. The Bertz CT molecular complexity index is 221. The van der Waals surface area contributed by atoms with Gasteiger partial charge >= 0.3 is 0 Å². The third-order valence-electron chi connectivity index (χ3n) is 3.72. The summed E-state index contributed by atoms with van der Waals surface area (Å²) in [6.07, 6.45) is 2.69. The Morgan fingerprint density at radius 1 is 1.19 bits per heavy atom. The molecule has 0 bridgehead atoms. The van der Waals surface area contributed by atoms with Crippen molar-refractivity contribution in [3.63, 3.8) is 0 Å². The third-order valence-corrected chi connectivity index (χ3v) is 3.72. The quantitative estimate of drug-likeness (QED) is 0.697. The van der Waals surface area contributed by atoms with E-state index in [1.807, 2.05) is 27.7 Å². The zero-order chi connectivity index (χ0) is 12.8. The number of aliphatic hydroxyl groups is 1. The van der Waals surface area contributed by atoms with Gasteiger partial charge in [0.25, 0.3) is 0 Å². The fraction of sp³-hybridized carbons (Fsp3) is 0.923. The number of carbonyl (C=O) groups excluding carboxylic acids is 1. The van der Waals surface area contributed by atoms with Crippen molar-refractivity contribution in [2.24, 2.45) is 0 Å². The van der Waals surface area contributed by atoms with Crippen molar-refractivity contribution in [2.75, 3.05) is 6.61 Å². The summed E-state index contributed by atoms with van der Waals surface area (Å²) < 4.78 is 5.63. The van der Waals surface area contributed by atoms with E-state index in [2.05, 4.69) is 0 Å². The van der Waals surface area contributed by atoms with Gasteiger partial charge in [0, 0.05) is 0 Å². The first-order chi connectivity index (χ1) is 7.33. The molecule has 0 aromatic rings. The van der Waals surface area contributed by atoms with Gasteiger partial charge in [-0.3, -0.25) is 4.79 Å². The van der Waals surface area contributed by atoms with Crippen molar-refractivity contribution >= 4 is 5.78 Å². The standard InChI is InChI=1S/C13H26O3/c1-6-12(5,11(4)14)16-10-9-13(15,7-2)8-3/h15H,6-10H2,1-5H3/t12-/m1/s1. The molecule has 0 aliphatic rings. The van der Waals surface area contributed by atoms with Gasteiger partial charge < -0.3 is 9.84 Å². The van der Waals surface area contributed by atoms with Crippen LogP contribution in [0, 0.1) is 0 Å². The molecule has 0 heterocycles. The molecule has 1 N–H and O–H groups in total. The molecule has 0 aliphatic carbocycles. The van der Waals surface area contributed by atoms with Crippen LogP contribution in [-0.2, 0) is 9.53 Å². The summed E-state index contributed by atoms with van der Waals surface area (Å²) in [4.78, 5) is 11.4. The highest BCUT2D eigenvalue weighted by atomic mass is 16.5. The van der Waals surface area contributed by atoms with E-state index in [0.29, 0.717) is 19.4 Å². The Hall–Kier alpha value is -0.410. The zero-order valence-corrected chi connectivity index (χ0v) is 11.3. The van der Waals surface area contributed by atoms with Crippen LogP contribution >= 0.6 is 0 Å². The first-order valence-electron chi connectivity index (χ1n) is 6.21. The molecular weight excluding hydrogens is 204 g/mol. The van der Waals surface area contributed by atoms with Gasteiger partial charge in [0.05, 0.1) is 12.2 Å². The number of Topliss-reactive ketones (excluding diaryl/α,β-unsaturated/α-hetero) is 1. The van der Waals surface area contributed by atoms with E-state index in [1.165, 1.54) is 0 Å². The molecule has 16 heavy (non-hydrogen) atoms. The molecule has 0 amide bonds. The lowest BCUT2D eigenvalue weighted by Gasteiger charge is -2.30. The van der Waals surface area contributed by atoms with Crippen LogP contribution in [0.3, 0.4) is 0 Å². The summed E-state index contributed by atoms with van der Waals surface area (Å²) in [5, 5.41) is 10.1. The largest absolute Gasteiger partial charge is 0.390 e. The van der Waals surface area contributed by atoms with Gasteiger partial charge in [0.1, 0.15) is 5.60 Å². The van der Waals surface area contributed by atoms with Gasteiger partial charge in [-0.15, -0.1) is 0 Å². The van der Waals surface area contributed by atoms with Crippen molar-refractivity contribution in [1.29, 1.82) is 0 Å². The van der Waals surface area contributed by atoms with Crippen LogP contribution in [0.4, 0.5) is 0 Å². The number of ketones is 1. The summed E-state index contributed by atoms with van der Waals surface area (Å²) >= 11 is 0. The molecule has 0 rings (SSSR count). The van der Waals surface area contributed by atoms with Gasteiger partial charge in [0.15, 0.2) is 5.78 Å². The first kappa shape index (κ1) is 15.6. The molecule has 0 saturated heterocycles. The Morgan fingerprint density at radius 3 is 2.00 bits per heavy atom. The Labute approximate surface area is 99.2 Å². The van der Waals surface area contributed by atoms with Gasteiger partial charge in [-0.25, -0.2) is 0 Å². The lowest BCUT2D eigenvalue weighted by molar-refractivity contribution is -0.143. The molecule has 0 unspecified atom stereocenters. The Kier molecular flexibility index (Phi) is 6.19. The number of carbonyl (C=O) groups is 1. The van der Waals surface area contributed by atoms with Gasteiger partial charge in [-0.1, -0.05) is 20.8 Å². The summed E-state index contributed by atoms with van der Waals surface area (Å²) in [6.45, 7) is 9.66. The molecule has 96 valence electrons. The zero-order valence-electron chi connectivity index (χ0n) is 11.3. The maximum atomic E-state index is 11.4. The van der Waals surface area contributed by atoms with Gasteiger partial charge in [-0.2, -0.15) is 0 Å². The van der Waals surface area contributed by atoms with Crippen molar-refractivity contribution in [2.45, 2.75) is 71.5 Å². The second-order valence-electron chi connectivity index (χ2n) is 4.67. The number of rotatable bonds is 8. The maximum absolute atomic E-state index is 11.4. The van der Waals surface area contributed by atoms with Crippen molar-refractivity contribution in [3.05, 3.63) is 0 Å². The molecule has 0 spiro atoms. The van der Waals surface area contributed by atoms with E-state index in [-0.39, 0.29) is 5.78 Å². The Morgan fingerprint density at radius 2 is 1.69 bits per heavy atom. The third kappa shape index (κ3) is 4.22. The topological polar surface area (TPSA) is 46.5 Å². The lowest BCUT2D eigenvalue weighted by atomic mass is 9.93. The van der Waals surface area contributed by atoms with E-state index in [0.717, 1.165) is 12.8 Å². The van der Waals surface area contributed by atoms with Crippen molar-refractivity contribution in [1.82, 2.24) is 0 Å². The summed E-state index contributed by atoms with van der Waals surface area (Å²) in [5.41, 5.74) is -1.34. The molecule has 1 atom stereocenters. The second-order valence-corrected chi connectivity index (χ2v) is 4.67. The number of ether oxygens (including phenoxy) is 1. The van der Waals surface area contributed by atoms with Gasteiger partial charge in [-0.05, 0) is 39.5 Å². The van der Waals surface area contributed by atoms with Crippen LogP contribution in [0.5, 0.6) is 0 Å². The van der Waals surface area contributed by atoms with Crippen molar-refractivity contribution < 1.29 is 14.6 Å². The second kappa shape index (κ2) is 6.36. The van der Waals surface area contributed by atoms with E-state index < -0.39 is 11.2 Å². The highest BCUT2D eigenvalue weighted by molar-refractivity contribution is 5.84. The minimum absolute atomic E-state index is 0.0477. The molecule has 0 aliphatic heterocycles. The molecule has 0 radical (unpaired) electrons. The lowest BCUT2D eigenvalue weighted by Crippen LogP contribution is -2.38. The SMILES string of the molecule is CCC(O)(CC)CCO[C@](C)(CC)C(C)=O. The summed E-state index contributed by atoms with van der Waals surface area (Å²) in [5.74, 6) is 0.0477. The molecule has 0 saturated carbocycles. The van der Waals surface area contributed by atoms with Gasteiger partial charge in [0.2, 0.25) is 0 Å². The fourth-order valence-corrected chi connectivity index (χ4v) is 1.52. The minimum atomic E-state index is -0.692. The monoisotopic (exact) mass is 230 g/mol. The highest BCUT2D eigenvalue weighted by Gasteiger charge is 2.30. The molecule has 3 nitrogen and oxygen atoms in total. The predicted molar refractivity (Wildman–Crippen MR) is 65.5 cm³/mol. The van der Waals surface area contributed by atoms with E-state index in [4.69, 9.17) is 4.74 Å². The van der Waals surface area contributed by atoms with Crippen LogP contribution in [0.1, 0.15) is 60.3 Å². The molecule has 3 heteroatoms. The van der Waals surface area contributed by atoms with E-state index >= 15 is 0 Å².